The number of aliphatic hydroxyl groups is 1. The van der Waals surface area contributed by atoms with Gasteiger partial charge in [-0.1, -0.05) is 24.3 Å². The molecule has 3 rings (SSSR count). The summed E-state index contributed by atoms with van der Waals surface area (Å²) >= 11 is 0. The second-order valence-electron chi connectivity index (χ2n) is 7.68. The fourth-order valence-electron chi connectivity index (χ4n) is 3.85. The van der Waals surface area contributed by atoms with Gasteiger partial charge in [-0.15, -0.1) is 0 Å². The second kappa shape index (κ2) is 6.49. The van der Waals surface area contributed by atoms with Crippen molar-refractivity contribution in [3.8, 4) is 0 Å². The average Bonchev–Trinajstić information content (AvgIpc) is 3.08. The molecule has 2 aliphatic heterocycles. The first-order chi connectivity index (χ1) is 11.3. The standard InChI is InChI=1S/C20H28O4/c1-12-7-5-9-13(2)17(21)18-15(14(3)19(22)23-18)11-16-20(4,24-16)10-6-8-12/h8-9,15-18,21H,3,5-7,10-11H2,1-2,4H3/b12-8?,13-9+/t15-,16-,17-,18-,20-/m1/s1. The predicted octanol–water partition coefficient (Wildman–Crippen LogP) is 3.46. The van der Waals surface area contributed by atoms with Gasteiger partial charge in [-0.2, -0.15) is 0 Å². The number of esters is 1. The number of rotatable bonds is 0. The van der Waals surface area contributed by atoms with Crippen LogP contribution >= 0.6 is 0 Å². The Labute approximate surface area is 144 Å². The minimum absolute atomic E-state index is 0.101. The smallest absolute Gasteiger partial charge is 0.334 e. The maximum atomic E-state index is 12.0. The molecule has 0 bridgehead atoms. The Morgan fingerprint density at radius 2 is 2.04 bits per heavy atom. The van der Waals surface area contributed by atoms with Crippen molar-refractivity contribution >= 4 is 5.97 Å². The van der Waals surface area contributed by atoms with Crippen molar-refractivity contribution in [1.82, 2.24) is 0 Å². The van der Waals surface area contributed by atoms with Crippen molar-refractivity contribution in [3.05, 3.63) is 35.5 Å². The molecule has 0 radical (unpaired) electrons. The highest BCUT2D eigenvalue weighted by molar-refractivity contribution is 5.91. The maximum absolute atomic E-state index is 12.0. The van der Waals surface area contributed by atoms with Crippen molar-refractivity contribution < 1.29 is 19.4 Å². The Morgan fingerprint density at radius 1 is 1.29 bits per heavy atom. The molecule has 1 N–H and O–H groups in total. The van der Waals surface area contributed by atoms with Gasteiger partial charge in [0.1, 0.15) is 12.2 Å². The average molecular weight is 332 g/mol. The largest absolute Gasteiger partial charge is 0.455 e. The summed E-state index contributed by atoms with van der Waals surface area (Å²) in [5.74, 6) is -0.566. The summed E-state index contributed by atoms with van der Waals surface area (Å²) in [6, 6.07) is 0. The maximum Gasteiger partial charge on any atom is 0.334 e. The molecular weight excluding hydrogens is 304 g/mol. The number of allylic oxidation sites excluding steroid dienone is 3. The SMILES string of the molecule is C=C1C(=O)O[C@@H]2[C@@H]1C[C@H]1O[C@]1(C)CCC=C(C)CC/C=C(\C)[C@H]2O. The molecule has 4 nitrogen and oxygen atoms in total. The number of hydrogen-bond donors (Lipinski definition) is 1. The van der Waals surface area contributed by atoms with Crippen LogP contribution in [0.4, 0.5) is 0 Å². The highest BCUT2D eigenvalue weighted by atomic mass is 16.6. The molecule has 1 aliphatic carbocycles. The molecule has 0 unspecified atom stereocenters. The first-order valence-electron chi connectivity index (χ1n) is 8.90. The summed E-state index contributed by atoms with van der Waals surface area (Å²) in [6.07, 6.45) is 7.64. The lowest BCUT2D eigenvalue weighted by molar-refractivity contribution is -0.142. The Kier molecular flexibility index (Phi) is 4.71. The van der Waals surface area contributed by atoms with Gasteiger partial charge in [-0.3, -0.25) is 0 Å². The molecule has 0 amide bonds. The van der Waals surface area contributed by atoms with E-state index in [4.69, 9.17) is 9.47 Å². The zero-order chi connectivity index (χ0) is 17.5. The Hall–Kier alpha value is -1.39. The minimum atomic E-state index is -0.782. The van der Waals surface area contributed by atoms with Gasteiger partial charge >= 0.3 is 5.97 Å². The molecule has 24 heavy (non-hydrogen) atoms. The topological polar surface area (TPSA) is 59.1 Å². The van der Waals surface area contributed by atoms with Gasteiger partial charge in [0, 0.05) is 11.5 Å². The van der Waals surface area contributed by atoms with Crippen LogP contribution in [0.15, 0.2) is 35.5 Å². The van der Waals surface area contributed by atoms with Crippen molar-refractivity contribution in [1.29, 1.82) is 0 Å². The number of epoxide rings is 1. The molecule has 3 aliphatic rings. The lowest BCUT2D eigenvalue weighted by Gasteiger charge is -2.24. The first kappa shape index (κ1) is 17.4. The van der Waals surface area contributed by atoms with Crippen LogP contribution in [0, 0.1) is 5.92 Å². The molecular formula is C20H28O4. The number of carbonyl (C=O) groups excluding carboxylic acids is 1. The van der Waals surface area contributed by atoms with Gasteiger partial charge in [0.15, 0.2) is 0 Å². The van der Waals surface area contributed by atoms with E-state index in [0.717, 1.165) is 31.3 Å². The van der Waals surface area contributed by atoms with E-state index in [1.165, 1.54) is 5.57 Å². The number of ether oxygens (including phenoxy) is 2. The quantitative estimate of drug-likeness (QED) is 0.319. The minimum Gasteiger partial charge on any atom is -0.455 e. The molecule has 4 heteroatoms. The summed E-state index contributed by atoms with van der Waals surface area (Å²) in [7, 11) is 0. The lowest BCUT2D eigenvalue weighted by Crippen LogP contribution is -2.33. The van der Waals surface area contributed by atoms with Gasteiger partial charge < -0.3 is 14.6 Å². The molecule has 2 fully saturated rings. The van der Waals surface area contributed by atoms with Crippen molar-refractivity contribution in [2.24, 2.45) is 5.92 Å². The normalized spacial score (nSPS) is 42.8. The molecule has 0 aromatic heterocycles. The van der Waals surface area contributed by atoms with Crippen LogP contribution < -0.4 is 0 Å². The zero-order valence-electron chi connectivity index (χ0n) is 14.9. The zero-order valence-corrected chi connectivity index (χ0v) is 14.9. The summed E-state index contributed by atoms with van der Waals surface area (Å²) in [5, 5.41) is 10.7. The monoisotopic (exact) mass is 332 g/mol. The molecule has 0 aromatic rings. The van der Waals surface area contributed by atoms with E-state index in [-0.39, 0.29) is 23.6 Å². The van der Waals surface area contributed by atoms with Crippen LogP contribution in [0.25, 0.3) is 0 Å². The van der Waals surface area contributed by atoms with Crippen molar-refractivity contribution in [2.45, 2.75) is 76.8 Å². The van der Waals surface area contributed by atoms with Crippen LogP contribution in [0.5, 0.6) is 0 Å². The molecule has 132 valence electrons. The number of hydrogen-bond acceptors (Lipinski definition) is 4. The van der Waals surface area contributed by atoms with Gasteiger partial charge in [-0.25, -0.2) is 4.79 Å². The summed E-state index contributed by atoms with van der Waals surface area (Å²) in [4.78, 5) is 12.0. The lowest BCUT2D eigenvalue weighted by atomic mass is 9.84. The summed E-state index contributed by atoms with van der Waals surface area (Å²) in [6.45, 7) is 10.1. The molecule has 0 saturated carbocycles. The summed E-state index contributed by atoms with van der Waals surface area (Å²) < 4.78 is 11.4. The fourth-order valence-corrected chi connectivity index (χ4v) is 3.85. The van der Waals surface area contributed by atoms with Gasteiger partial charge in [-0.05, 0) is 58.4 Å². The highest BCUT2D eigenvalue weighted by Crippen LogP contribution is 2.47. The molecule has 5 atom stereocenters. The van der Waals surface area contributed by atoms with Gasteiger partial charge in [0.25, 0.3) is 0 Å². The van der Waals surface area contributed by atoms with Gasteiger partial charge in [0.2, 0.25) is 0 Å². The van der Waals surface area contributed by atoms with E-state index >= 15 is 0 Å². The van der Waals surface area contributed by atoms with E-state index < -0.39 is 12.2 Å². The predicted molar refractivity (Wildman–Crippen MR) is 92.4 cm³/mol. The Morgan fingerprint density at radius 3 is 2.79 bits per heavy atom. The third kappa shape index (κ3) is 3.35. The Bertz CT molecular complexity index is 603. The van der Waals surface area contributed by atoms with Gasteiger partial charge in [0.05, 0.1) is 11.7 Å². The first-order valence-corrected chi connectivity index (χ1v) is 8.90. The third-order valence-corrected chi connectivity index (χ3v) is 5.77. The fraction of sp³-hybridized carbons (Fsp3) is 0.650. The van der Waals surface area contributed by atoms with Crippen LogP contribution in [0.1, 0.15) is 52.9 Å². The second-order valence-corrected chi connectivity index (χ2v) is 7.68. The van der Waals surface area contributed by atoms with Crippen molar-refractivity contribution in [3.63, 3.8) is 0 Å². The molecule has 2 saturated heterocycles. The molecule has 2 heterocycles. The molecule has 0 spiro atoms. The van der Waals surface area contributed by atoms with Crippen LogP contribution in [0.2, 0.25) is 0 Å². The summed E-state index contributed by atoms with van der Waals surface area (Å²) in [5.41, 5.74) is 2.56. The number of aliphatic hydroxyl groups excluding tert-OH is 1. The highest BCUT2D eigenvalue weighted by Gasteiger charge is 2.55. The van der Waals surface area contributed by atoms with E-state index in [2.05, 4.69) is 32.6 Å². The van der Waals surface area contributed by atoms with Crippen molar-refractivity contribution in [2.75, 3.05) is 0 Å². The molecule has 0 aromatic carbocycles. The third-order valence-electron chi connectivity index (χ3n) is 5.77. The van der Waals surface area contributed by atoms with E-state index in [1.807, 2.05) is 6.92 Å². The van der Waals surface area contributed by atoms with Crippen LogP contribution in [-0.4, -0.2) is 35.0 Å². The van der Waals surface area contributed by atoms with E-state index in [0.29, 0.717) is 12.0 Å². The number of carbonyl (C=O) groups is 1. The van der Waals surface area contributed by atoms with E-state index in [9.17, 15) is 9.90 Å². The number of fused-ring (bicyclic) bond motifs is 2. The Balaban J connectivity index is 1.84. The van der Waals surface area contributed by atoms with Crippen LogP contribution in [0.3, 0.4) is 0 Å². The van der Waals surface area contributed by atoms with Crippen LogP contribution in [-0.2, 0) is 14.3 Å². The van der Waals surface area contributed by atoms with E-state index in [1.54, 1.807) is 0 Å².